The minimum atomic E-state index is -0.370. The molecule has 9 nitrogen and oxygen atoms in total. The van der Waals surface area contributed by atoms with E-state index in [0.29, 0.717) is 17.3 Å². The second-order valence-corrected chi connectivity index (χ2v) is 5.78. The molecule has 25 heavy (non-hydrogen) atoms. The molecule has 4 N–H and O–H groups in total. The van der Waals surface area contributed by atoms with Crippen molar-refractivity contribution in [3.8, 4) is 0 Å². The highest BCUT2D eigenvalue weighted by Crippen LogP contribution is 2.21. The lowest BCUT2D eigenvalue weighted by Gasteiger charge is -2.12. The fourth-order valence-corrected chi connectivity index (χ4v) is 2.81. The van der Waals surface area contributed by atoms with Crippen LogP contribution in [0.2, 0.25) is 0 Å². The highest BCUT2D eigenvalue weighted by Gasteiger charge is 2.18. The Morgan fingerprint density at radius 3 is 2.92 bits per heavy atom. The smallest absolute Gasteiger partial charge is 0.295 e. The van der Waals surface area contributed by atoms with E-state index in [2.05, 4.69) is 31.0 Å². The minimum absolute atomic E-state index is 0.129. The Labute approximate surface area is 142 Å². The van der Waals surface area contributed by atoms with Crippen LogP contribution in [0, 0.1) is 0 Å². The number of amides is 2. The normalized spacial score (nSPS) is 13.2. The van der Waals surface area contributed by atoms with Crippen molar-refractivity contribution in [1.82, 2.24) is 25.1 Å². The first kappa shape index (κ1) is 15.2. The highest BCUT2D eigenvalue weighted by molar-refractivity contribution is 6.03. The number of nitrogens with zero attached hydrogens (tertiary/aromatic N) is 3. The van der Waals surface area contributed by atoms with Gasteiger partial charge in [0.1, 0.15) is 5.69 Å². The molecule has 3 heterocycles. The van der Waals surface area contributed by atoms with E-state index in [1.807, 2.05) is 6.07 Å². The third kappa shape index (κ3) is 2.80. The Bertz CT molecular complexity index is 949. The van der Waals surface area contributed by atoms with Crippen molar-refractivity contribution in [2.45, 2.75) is 13.0 Å². The Morgan fingerprint density at radius 1 is 1.24 bits per heavy atom. The number of carbonyl (C=O) groups is 2. The Kier molecular flexibility index (Phi) is 3.60. The molecular weight excluding hydrogens is 322 g/mol. The monoisotopic (exact) mass is 339 g/mol. The molecule has 2 amide bonds. The predicted molar refractivity (Wildman–Crippen MR) is 92.8 cm³/mol. The number of H-pyrrole nitrogens is 1. The van der Waals surface area contributed by atoms with E-state index in [9.17, 15) is 9.59 Å². The summed E-state index contributed by atoms with van der Waals surface area (Å²) < 4.78 is 1.70. The fraction of sp³-hybridized carbons (Fsp3) is 0.250. The summed E-state index contributed by atoms with van der Waals surface area (Å²) in [4.78, 5) is 31.3. The number of nitrogens with one attached hydrogen (secondary N) is 4. The Morgan fingerprint density at radius 2 is 2.12 bits per heavy atom. The summed E-state index contributed by atoms with van der Waals surface area (Å²) in [5, 5.41) is 13.5. The number of hydrogen-bond acceptors (Lipinski definition) is 5. The number of benzene rings is 1. The van der Waals surface area contributed by atoms with Gasteiger partial charge in [-0.25, -0.2) is 4.68 Å². The molecule has 1 aromatic carbocycles. The van der Waals surface area contributed by atoms with Gasteiger partial charge in [0.2, 0.25) is 11.8 Å². The highest BCUT2D eigenvalue weighted by atomic mass is 16.2. The van der Waals surface area contributed by atoms with E-state index in [4.69, 9.17) is 0 Å². The topological polar surface area (TPSA) is 117 Å². The average molecular weight is 339 g/mol. The maximum Gasteiger partial charge on any atom is 0.295 e. The van der Waals surface area contributed by atoms with Gasteiger partial charge in [0.25, 0.3) is 11.8 Å². The summed E-state index contributed by atoms with van der Waals surface area (Å²) in [5.74, 6) is 0.185. The van der Waals surface area contributed by atoms with Gasteiger partial charge in [0.05, 0.1) is 0 Å². The standard InChI is InChI=1S/C16H17N7O2/c1-17-14(24)12-8-9-7-10(3-4-11(9)20-12)19-15(25)13-21-16-18-5-2-6-23(16)22-13/h3-4,7-8,20H,2,5-6H2,1H3,(H,17,24)(H,19,25)(H,18,21,22). The lowest BCUT2D eigenvalue weighted by Crippen LogP contribution is -2.18. The first-order chi connectivity index (χ1) is 12.1. The molecule has 0 fully saturated rings. The van der Waals surface area contributed by atoms with Crippen molar-refractivity contribution >= 4 is 34.4 Å². The van der Waals surface area contributed by atoms with Gasteiger partial charge in [-0.1, -0.05) is 0 Å². The van der Waals surface area contributed by atoms with Crippen LogP contribution >= 0.6 is 0 Å². The van der Waals surface area contributed by atoms with Crippen molar-refractivity contribution in [1.29, 1.82) is 0 Å². The van der Waals surface area contributed by atoms with Crippen molar-refractivity contribution in [3.05, 3.63) is 35.8 Å². The molecule has 1 aliphatic heterocycles. The second-order valence-electron chi connectivity index (χ2n) is 5.78. The number of carbonyl (C=O) groups excluding carboxylic acids is 2. The van der Waals surface area contributed by atoms with Gasteiger partial charge >= 0.3 is 0 Å². The minimum Gasteiger partial charge on any atom is -0.354 e. The maximum atomic E-state index is 12.4. The molecular formula is C16H17N7O2. The predicted octanol–water partition coefficient (Wildman–Crippen LogP) is 1.19. The first-order valence-electron chi connectivity index (χ1n) is 7.99. The van der Waals surface area contributed by atoms with E-state index < -0.39 is 0 Å². The molecule has 0 saturated heterocycles. The molecule has 0 spiro atoms. The quantitative estimate of drug-likeness (QED) is 0.572. The zero-order valence-corrected chi connectivity index (χ0v) is 13.6. The zero-order valence-electron chi connectivity index (χ0n) is 13.6. The maximum absolute atomic E-state index is 12.4. The van der Waals surface area contributed by atoms with Crippen molar-refractivity contribution in [2.75, 3.05) is 24.2 Å². The molecule has 1 aliphatic rings. The summed E-state index contributed by atoms with van der Waals surface area (Å²) in [6, 6.07) is 7.11. The largest absolute Gasteiger partial charge is 0.354 e. The molecule has 0 atom stereocenters. The van der Waals surface area contributed by atoms with Crippen LogP contribution in [0.3, 0.4) is 0 Å². The second kappa shape index (κ2) is 5.93. The number of hydrogen-bond donors (Lipinski definition) is 4. The summed E-state index contributed by atoms with van der Waals surface area (Å²) >= 11 is 0. The van der Waals surface area contributed by atoms with Crippen LogP contribution in [-0.4, -0.2) is 45.2 Å². The van der Waals surface area contributed by atoms with Crippen molar-refractivity contribution < 1.29 is 9.59 Å². The summed E-state index contributed by atoms with van der Waals surface area (Å²) in [5.41, 5.74) is 1.90. The van der Waals surface area contributed by atoms with Crippen LogP contribution in [0.4, 0.5) is 11.6 Å². The van der Waals surface area contributed by atoms with E-state index in [-0.39, 0.29) is 17.6 Å². The molecule has 3 aromatic rings. The van der Waals surface area contributed by atoms with Crippen LogP contribution in [0.15, 0.2) is 24.3 Å². The van der Waals surface area contributed by atoms with Gasteiger partial charge in [0.15, 0.2) is 0 Å². The number of fused-ring (bicyclic) bond motifs is 2. The lowest BCUT2D eigenvalue weighted by atomic mass is 10.2. The Hall–Kier alpha value is -3.36. The van der Waals surface area contributed by atoms with Crippen molar-refractivity contribution in [3.63, 3.8) is 0 Å². The third-order valence-electron chi connectivity index (χ3n) is 4.05. The number of aromatic amines is 1. The number of rotatable bonds is 3. The molecule has 9 heteroatoms. The fourth-order valence-electron chi connectivity index (χ4n) is 2.81. The van der Waals surface area contributed by atoms with Gasteiger partial charge in [0, 0.05) is 36.7 Å². The first-order valence-corrected chi connectivity index (χ1v) is 7.99. The molecule has 128 valence electrons. The van der Waals surface area contributed by atoms with Gasteiger partial charge in [-0.15, -0.1) is 5.10 Å². The molecule has 0 bridgehead atoms. The molecule has 2 aromatic heterocycles. The van der Waals surface area contributed by atoms with E-state index in [0.717, 1.165) is 30.4 Å². The SMILES string of the molecule is CNC(=O)c1cc2cc(NC(=O)c3nc4n(n3)CCCN4)ccc2[nH]1. The van der Waals surface area contributed by atoms with Crippen LogP contribution in [0.25, 0.3) is 10.9 Å². The molecule has 0 unspecified atom stereocenters. The molecule has 4 rings (SSSR count). The van der Waals surface area contributed by atoms with Crippen LogP contribution in [0.5, 0.6) is 0 Å². The van der Waals surface area contributed by atoms with E-state index in [1.54, 1.807) is 29.9 Å². The molecule has 0 radical (unpaired) electrons. The average Bonchev–Trinajstić information content (AvgIpc) is 3.24. The van der Waals surface area contributed by atoms with Gasteiger partial charge in [-0.05, 0) is 30.7 Å². The van der Waals surface area contributed by atoms with E-state index in [1.165, 1.54) is 0 Å². The molecule has 0 aliphatic carbocycles. The Balaban J connectivity index is 1.56. The van der Waals surface area contributed by atoms with Gasteiger partial charge in [-0.3, -0.25) is 9.59 Å². The molecule has 0 saturated carbocycles. The number of aromatic nitrogens is 4. The van der Waals surface area contributed by atoms with Crippen LogP contribution < -0.4 is 16.0 Å². The van der Waals surface area contributed by atoms with Crippen LogP contribution in [-0.2, 0) is 6.54 Å². The lowest BCUT2D eigenvalue weighted by molar-refractivity contribution is 0.0958. The van der Waals surface area contributed by atoms with E-state index >= 15 is 0 Å². The number of anilines is 2. The van der Waals surface area contributed by atoms with Crippen molar-refractivity contribution in [2.24, 2.45) is 0 Å². The zero-order chi connectivity index (χ0) is 17.4. The van der Waals surface area contributed by atoms with Gasteiger partial charge < -0.3 is 20.9 Å². The number of aryl methyl sites for hydroxylation is 1. The summed E-state index contributed by atoms with van der Waals surface area (Å²) in [6.45, 7) is 1.58. The summed E-state index contributed by atoms with van der Waals surface area (Å²) in [6.07, 6.45) is 0.954. The van der Waals surface area contributed by atoms with Crippen LogP contribution in [0.1, 0.15) is 27.5 Å². The third-order valence-corrected chi connectivity index (χ3v) is 4.05. The van der Waals surface area contributed by atoms with Gasteiger partial charge in [-0.2, -0.15) is 4.98 Å². The summed E-state index contributed by atoms with van der Waals surface area (Å²) in [7, 11) is 1.58.